The number of hydrogen-bond donors (Lipinski definition) is 1. The minimum absolute atomic E-state index is 0.230. The summed E-state index contributed by atoms with van der Waals surface area (Å²) in [6, 6.07) is 15.0. The molecule has 3 aromatic rings. The smallest absolute Gasteiger partial charge is 0.278 e. The van der Waals surface area contributed by atoms with E-state index in [1.54, 1.807) is 11.6 Å². The predicted molar refractivity (Wildman–Crippen MR) is 80.4 cm³/mol. The number of nitrogens with zero attached hydrogens (tertiary/aromatic N) is 3. The quantitative estimate of drug-likeness (QED) is 0.808. The molecule has 0 aliphatic rings. The largest absolute Gasteiger partial charge is 0.321 e. The first-order chi connectivity index (χ1) is 10.6. The molecule has 0 atom stereocenters. The van der Waals surface area contributed by atoms with Crippen LogP contribution in [0.2, 0.25) is 0 Å². The summed E-state index contributed by atoms with van der Waals surface area (Å²) in [5.41, 5.74) is 2.19. The fourth-order valence-electron chi connectivity index (χ4n) is 2.08. The number of amides is 1. The van der Waals surface area contributed by atoms with E-state index >= 15 is 0 Å². The number of aromatic nitrogens is 3. The Morgan fingerprint density at radius 3 is 2.45 bits per heavy atom. The van der Waals surface area contributed by atoms with Crippen molar-refractivity contribution in [1.82, 2.24) is 15.0 Å². The van der Waals surface area contributed by atoms with Crippen LogP contribution in [0.25, 0.3) is 5.69 Å². The summed E-state index contributed by atoms with van der Waals surface area (Å²) in [4.78, 5) is 12.2. The van der Waals surface area contributed by atoms with E-state index in [4.69, 9.17) is 0 Å². The van der Waals surface area contributed by atoms with Gasteiger partial charge in [0.15, 0.2) is 5.69 Å². The molecular weight excluding hydrogens is 283 g/mol. The third kappa shape index (κ3) is 2.71. The van der Waals surface area contributed by atoms with E-state index in [2.05, 4.69) is 15.6 Å². The van der Waals surface area contributed by atoms with Crippen LogP contribution in [0.15, 0.2) is 54.6 Å². The first-order valence-electron chi connectivity index (χ1n) is 6.70. The zero-order valence-electron chi connectivity index (χ0n) is 11.8. The van der Waals surface area contributed by atoms with Crippen LogP contribution in [-0.2, 0) is 0 Å². The lowest BCUT2D eigenvalue weighted by atomic mass is 10.2. The first-order valence-corrected chi connectivity index (χ1v) is 6.70. The van der Waals surface area contributed by atoms with Crippen LogP contribution in [0.3, 0.4) is 0 Å². The van der Waals surface area contributed by atoms with Gasteiger partial charge in [-0.3, -0.25) is 4.79 Å². The van der Waals surface area contributed by atoms with E-state index < -0.39 is 0 Å². The minimum atomic E-state index is -0.383. The minimum Gasteiger partial charge on any atom is -0.321 e. The van der Waals surface area contributed by atoms with Crippen LogP contribution in [0.5, 0.6) is 0 Å². The first kappa shape index (κ1) is 13.9. The average Bonchev–Trinajstić information content (AvgIpc) is 2.92. The molecule has 0 aliphatic carbocycles. The number of rotatable bonds is 3. The number of nitrogens with one attached hydrogen (secondary N) is 1. The summed E-state index contributed by atoms with van der Waals surface area (Å²) >= 11 is 0. The van der Waals surface area contributed by atoms with Gasteiger partial charge in [0.25, 0.3) is 5.91 Å². The van der Waals surface area contributed by atoms with Crippen LogP contribution in [-0.4, -0.2) is 20.9 Å². The number of hydrogen-bond acceptors (Lipinski definition) is 3. The van der Waals surface area contributed by atoms with E-state index in [1.165, 1.54) is 24.3 Å². The van der Waals surface area contributed by atoms with E-state index in [9.17, 15) is 9.18 Å². The SMILES string of the molecule is Cc1c(C(=O)Nc2ccc(F)cc2)nnn1-c1ccccc1. The van der Waals surface area contributed by atoms with Gasteiger partial charge >= 0.3 is 0 Å². The molecule has 1 aromatic heterocycles. The van der Waals surface area contributed by atoms with Crippen molar-refractivity contribution in [3.05, 3.63) is 71.8 Å². The molecular formula is C16H13FN4O. The van der Waals surface area contributed by atoms with Gasteiger partial charge in [-0.1, -0.05) is 23.4 Å². The number of carbonyl (C=O) groups excluding carboxylic acids is 1. The van der Waals surface area contributed by atoms with Crippen LogP contribution in [0.1, 0.15) is 16.2 Å². The molecule has 0 fully saturated rings. The second-order valence-electron chi connectivity index (χ2n) is 4.73. The van der Waals surface area contributed by atoms with Crippen molar-refractivity contribution >= 4 is 11.6 Å². The summed E-state index contributed by atoms with van der Waals surface area (Å²) < 4.78 is 14.5. The highest BCUT2D eigenvalue weighted by molar-refractivity contribution is 6.03. The molecule has 110 valence electrons. The molecule has 0 aliphatic heterocycles. The van der Waals surface area contributed by atoms with Gasteiger partial charge < -0.3 is 5.32 Å². The highest BCUT2D eigenvalue weighted by atomic mass is 19.1. The molecule has 0 saturated heterocycles. The van der Waals surface area contributed by atoms with Crippen molar-refractivity contribution in [3.8, 4) is 5.69 Å². The third-order valence-corrected chi connectivity index (χ3v) is 3.21. The fourth-order valence-corrected chi connectivity index (χ4v) is 2.08. The standard InChI is InChI=1S/C16H13FN4O/c1-11-15(16(22)18-13-9-7-12(17)8-10-13)19-20-21(11)14-5-3-2-4-6-14/h2-10H,1H3,(H,18,22). The Balaban J connectivity index is 1.85. The van der Waals surface area contributed by atoms with Crippen LogP contribution in [0.4, 0.5) is 10.1 Å². The Bertz CT molecular complexity index is 797. The molecule has 6 heteroatoms. The van der Waals surface area contributed by atoms with Gasteiger partial charge in [-0.05, 0) is 43.3 Å². The van der Waals surface area contributed by atoms with Crippen LogP contribution >= 0.6 is 0 Å². The molecule has 22 heavy (non-hydrogen) atoms. The molecule has 0 bridgehead atoms. The number of para-hydroxylation sites is 1. The second-order valence-corrected chi connectivity index (χ2v) is 4.73. The van der Waals surface area contributed by atoms with Gasteiger partial charge in [-0.2, -0.15) is 0 Å². The summed E-state index contributed by atoms with van der Waals surface area (Å²) in [6.07, 6.45) is 0. The summed E-state index contributed by atoms with van der Waals surface area (Å²) in [5, 5.41) is 10.6. The maximum absolute atomic E-state index is 12.9. The Kier molecular flexibility index (Phi) is 3.65. The van der Waals surface area contributed by atoms with E-state index in [-0.39, 0.29) is 17.4 Å². The molecule has 5 nitrogen and oxygen atoms in total. The third-order valence-electron chi connectivity index (χ3n) is 3.21. The van der Waals surface area contributed by atoms with Crippen molar-refractivity contribution in [2.24, 2.45) is 0 Å². The van der Waals surface area contributed by atoms with E-state index in [0.29, 0.717) is 11.4 Å². The lowest BCUT2D eigenvalue weighted by Gasteiger charge is -2.05. The normalized spacial score (nSPS) is 10.5. The summed E-state index contributed by atoms with van der Waals surface area (Å²) in [7, 11) is 0. The number of anilines is 1. The molecule has 0 radical (unpaired) electrons. The molecule has 0 spiro atoms. The van der Waals surface area contributed by atoms with Gasteiger partial charge in [-0.15, -0.1) is 5.10 Å². The van der Waals surface area contributed by atoms with Crippen LogP contribution < -0.4 is 5.32 Å². The maximum Gasteiger partial charge on any atom is 0.278 e. The van der Waals surface area contributed by atoms with Crippen molar-refractivity contribution in [3.63, 3.8) is 0 Å². The van der Waals surface area contributed by atoms with Crippen LogP contribution in [0, 0.1) is 12.7 Å². The predicted octanol–water partition coefficient (Wildman–Crippen LogP) is 2.97. The maximum atomic E-state index is 12.9. The topological polar surface area (TPSA) is 59.8 Å². The Labute approximate surface area is 126 Å². The molecule has 1 N–H and O–H groups in total. The average molecular weight is 296 g/mol. The van der Waals surface area contributed by atoms with Gasteiger partial charge in [-0.25, -0.2) is 9.07 Å². The molecule has 1 amide bonds. The highest BCUT2D eigenvalue weighted by Gasteiger charge is 2.17. The molecule has 2 aromatic carbocycles. The van der Waals surface area contributed by atoms with E-state index in [1.807, 2.05) is 30.3 Å². The molecule has 3 rings (SSSR count). The number of benzene rings is 2. The molecule has 0 unspecified atom stereocenters. The summed E-state index contributed by atoms with van der Waals surface area (Å²) in [6.45, 7) is 1.77. The Morgan fingerprint density at radius 1 is 1.09 bits per heavy atom. The molecule has 1 heterocycles. The number of halogens is 1. The van der Waals surface area contributed by atoms with Gasteiger partial charge in [0, 0.05) is 5.69 Å². The zero-order valence-corrected chi connectivity index (χ0v) is 11.8. The lowest BCUT2D eigenvalue weighted by molar-refractivity contribution is 0.102. The second kappa shape index (κ2) is 5.77. The van der Waals surface area contributed by atoms with Gasteiger partial charge in [0.05, 0.1) is 11.4 Å². The van der Waals surface area contributed by atoms with Gasteiger partial charge in [0.1, 0.15) is 5.82 Å². The van der Waals surface area contributed by atoms with Crippen molar-refractivity contribution in [2.45, 2.75) is 6.92 Å². The van der Waals surface area contributed by atoms with Crippen molar-refractivity contribution < 1.29 is 9.18 Å². The van der Waals surface area contributed by atoms with E-state index in [0.717, 1.165) is 5.69 Å². The zero-order chi connectivity index (χ0) is 15.5. The highest BCUT2D eigenvalue weighted by Crippen LogP contribution is 2.14. The Morgan fingerprint density at radius 2 is 1.77 bits per heavy atom. The summed E-state index contributed by atoms with van der Waals surface area (Å²) in [5.74, 6) is -0.740. The number of carbonyl (C=O) groups is 1. The van der Waals surface area contributed by atoms with Gasteiger partial charge in [0.2, 0.25) is 0 Å². The fraction of sp³-hybridized carbons (Fsp3) is 0.0625. The Hall–Kier alpha value is -3.02. The monoisotopic (exact) mass is 296 g/mol. The lowest BCUT2D eigenvalue weighted by Crippen LogP contribution is -2.14. The van der Waals surface area contributed by atoms with Crippen molar-refractivity contribution in [2.75, 3.05) is 5.32 Å². The molecule has 0 saturated carbocycles. The van der Waals surface area contributed by atoms with Crippen molar-refractivity contribution in [1.29, 1.82) is 0 Å².